The summed E-state index contributed by atoms with van der Waals surface area (Å²) < 4.78 is 12.1. The molecule has 0 radical (unpaired) electrons. The summed E-state index contributed by atoms with van der Waals surface area (Å²) in [5.41, 5.74) is 2.80. The van der Waals surface area contributed by atoms with Crippen molar-refractivity contribution >= 4 is 33.5 Å². The molecule has 6 rings (SSSR count). The summed E-state index contributed by atoms with van der Waals surface area (Å²) in [5.74, 6) is -0.570. The van der Waals surface area contributed by atoms with Gasteiger partial charge in [-0.25, -0.2) is 9.59 Å². The summed E-state index contributed by atoms with van der Waals surface area (Å²) in [7, 11) is 0. The predicted octanol–water partition coefficient (Wildman–Crippen LogP) is 8.59. The van der Waals surface area contributed by atoms with Gasteiger partial charge >= 0.3 is 11.9 Å². The minimum atomic E-state index is -0.285. The fraction of sp³-hybridized carbons (Fsp3) is 0.450. The number of piperidine rings is 2. The van der Waals surface area contributed by atoms with E-state index in [0.717, 1.165) is 58.4 Å². The number of fused-ring (bicyclic) bond motifs is 2. The van der Waals surface area contributed by atoms with Gasteiger partial charge in [-0.15, -0.1) is 0 Å². The van der Waals surface area contributed by atoms with Crippen molar-refractivity contribution in [3.8, 4) is 11.1 Å². The lowest BCUT2D eigenvalue weighted by molar-refractivity contribution is -0.00764. The summed E-state index contributed by atoms with van der Waals surface area (Å²) in [6, 6.07) is 24.0. The molecule has 2 N–H and O–H groups in total. The number of benzene rings is 4. The summed E-state index contributed by atoms with van der Waals surface area (Å²) >= 11 is 0. The number of rotatable bonds is 5. The first kappa shape index (κ1) is 32.2. The third-order valence-electron chi connectivity index (χ3n) is 9.36. The van der Waals surface area contributed by atoms with Gasteiger partial charge in [-0.2, -0.15) is 0 Å². The Hall–Kier alpha value is -3.74. The summed E-state index contributed by atoms with van der Waals surface area (Å²) in [6.45, 7) is 17.2. The van der Waals surface area contributed by atoms with Crippen molar-refractivity contribution in [1.29, 1.82) is 0 Å². The van der Waals surface area contributed by atoms with E-state index in [1.807, 2.05) is 48.5 Å². The molecule has 4 aromatic carbocycles. The van der Waals surface area contributed by atoms with Crippen molar-refractivity contribution in [3.63, 3.8) is 0 Å². The van der Waals surface area contributed by atoms with E-state index in [1.54, 1.807) is 0 Å². The highest BCUT2D eigenvalue weighted by molar-refractivity contribution is 6.03. The fourth-order valence-electron chi connectivity index (χ4n) is 8.27. The van der Waals surface area contributed by atoms with Gasteiger partial charge in [0, 0.05) is 47.8 Å². The minimum absolute atomic E-state index is 0.104. The molecule has 0 spiro atoms. The quantitative estimate of drug-likeness (QED) is 0.218. The Balaban J connectivity index is 1.23. The molecular formula is C40H48N2O4. The lowest BCUT2D eigenvalue weighted by Gasteiger charge is -2.45. The molecule has 0 saturated carbocycles. The molecule has 0 unspecified atom stereocenters. The van der Waals surface area contributed by atoms with E-state index in [9.17, 15) is 9.59 Å². The molecular weight excluding hydrogens is 572 g/mol. The monoisotopic (exact) mass is 620 g/mol. The molecule has 2 aliphatic heterocycles. The maximum absolute atomic E-state index is 13.3. The molecule has 0 atom stereocenters. The Kier molecular flexibility index (Phi) is 8.05. The third kappa shape index (κ3) is 7.13. The van der Waals surface area contributed by atoms with E-state index in [0.29, 0.717) is 11.1 Å². The number of esters is 2. The smallest absolute Gasteiger partial charge is 0.338 e. The van der Waals surface area contributed by atoms with Gasteiger partial charge in [0.2, 0.25) is 0 Å². The maximum atomic E-state index is 13.3. The zero-order valence-corrected chi connectivity index (χ0v) is 28.5. The average Bonchev–Trinajstić information content (AvgIpc) is 2.92. The van der Waals surface area contributed by atoms with Gasteiger partial charge in [0.15, 0.2) is 0 Å². The standard InChI is InChI=1S/C40H48N2O4/c1-37(2)21-31(22-38(3,4)41-37)45-35(43)28-15-13-25-12-14-27(19-30(25)20-28)33-11-9-10-26-18-29(16-17-34(26)33)36(44)46-32-23-39(5,6)42-40(7,8)24-32/h9-20,31-32,41-42H,21-24H2,1-8H3. The van der Waals surface area contributed by atoms with Crippen LogP contribution in [-0.2, 0) is 9.47 Å². The molecule has 0 aliphatic carbocycles. The Morgan fingerprint density at radius 1 is 0.565 bits per heavy atom. The van der Waals surface area contributed by atoms with Crippen LogP contribution in [0.15, 0.2) is 72.8 Å². The molecule has 2 fully saturated rings. The van der Waals surface area contributed by atoms with Crippen molar-refractivity contribution < 1.29 is 19.1 Å². The first-order chi connectivity index (χ1) is 21.5. The summed E-state index contributed by atoms with van der Waals surface area (Å²) in [6.07, 6.45) is 2.81. The molecule has 2 saturated heterocycles. The largest absolute Gasteiger partial charge is 0.459 e. The van der Waals surface area contributed by atoms with Gasteiger partial charge < -0.3 is 20.1 Å². The summed E-state index contributed by atoms with van der Waals surface area (Å²) in [4.78, 5) is 26.6. The number of ether oxygens (including phenoxy) is 2. The zero-order valence-electron chi connectivity index (χ0n) is 28.5. The van der Waals surface area contributed by atoms with E-state index < -0.39 is 0 Å². The Morgan fingerprint density at radius 2 is 1.04 bits per heavy atom. The van der Waals surface area contributed by atoms with Crippen LogP contribution < -0.4 is 10.6 Å². The van der Waals surface area contributed by atoms with Crippen molar-refractivity contribution in [2.45, 2.75) is 115 Å². The van der Waals surface area contributed by atoms with E-state index in [1.165, 1.54) is 0 Å². The minimum Gasteiger partial charge on any atom is -0.459 e. The predicted molar refractivity (Wildman–Crippen MR) is 186 cm³/mol. The molecule has 6 nitrogen and oxygen atoms in total. The summed E-state index contributed by atoms with van der Waals surface area (Å²) in [5, 5.41) is 11.3. The molecule has 6 heteroatoms. The average molecular weight is 621 g/mol. The highest BCUT2D eigenvalue weighted by atomic mass is 16.5. The van der Waals surface area contributed by atoms with Gasteiger partial charge in [0.05, 0.1) is 11.1 Å². The normalized spacial score (nSPS) is 20.8. The van der Waals surface area contributed by atoms with Gasteiger partial charge in [-0.05, 0) is 118 Å². The molecule has 2 heterocycles. The Labute approximate surface area is 273 Å². The zero-order chi connectivity index (χ0) is 33.1. The number of carbonyl (C=O) groups is 2. The third-order valence-corrected chi connectivity index (χ3v) is 9.36. The van der Waals surface area contributed by atoms with E-state index in [-0.39, 0.29) is 46.3 Å². The van der Waals surface area contributed by atoms with Crippen molar-refractivity contribution in [3.05, 3.63) is 83.9 Å². The van der Waals surface area contributed by atoms with Crippen LogP contribution in [0.2, 0.25) is 0 Å². The first-order valence-corrected chi connectivity index (χ1v) is 16.5. The van der Waals surface area contributed by atoms with Crippen LogP contribution in [0.25, 0.3) is 32.7 Å². The van der Waals surface area contributed by atoms with Crippen LogP contribution in [0.5, 0.6) is 0 Å². The maximum Gasteiger partial charge on any atom is 0.338 e. The highest BCUT2D eigenvalue weighted by Gasteiger charge is 2.40. The van der Waals surface area contributed by atoms with E-state index in [4.69, 9.17) is 9.47 Å². The molecule has 242 valence electrons. The molecule has 0 amide bonds. The molecule has 2 aliphatic rings. The van der Waals surface area contributed by atoms with Gasteiger partial charge in [0.1, 0.15) is 12.2 Å². The second kappa shape index (κ2) is 11.5. The van der Waals surface area contributed by atoms with E-state index in [2.05, 4.69) is 90.3 Å². The van der Waals surface area contributed by atoms with Crippen molar-refractivity contribution in [2.24, 2.45) is 0 Å². The van der Waals surface area contributed by atoms with Gasteiger partial charge in [-0.3, -0.25) is 0 Å². The van der Waals surface area contributed by atoms with Crippen LogP contribution in [0.1, 0.15) is 102 Å². The van der Waals surface area contributed by atoms with Gasteiger partial charge in [0.25, 0.3) is 0 Å². The number of hydrogen-bond donors (Lipinski definition) is 2. The molecule has 0 bridgehead atoms. The number of nitrogens with one attached hydrogen (secondary N) is 2. The number of hydrogen-bond acceptors (Lipinski definition) is 6. The molecule has 4 aromatic rings. The first-order valence-electron chi connectivity index (χ1n) is 16.5. The van der Waals surface area contributed by atoms with Crippen molar-refractivity contribution in [1.82, 2.24) is 10.6 Å². The van der Waals surface area contributed by atoms with Gasteiger partial charge in [-0.1, -0.05) is 42.5 Å². The highest BCUT2D eigenvalue weighted by Crippen LogP contribution is 2.35. The van der Waals surface area contributed by atoms with Crippen molar-refractivity contribution in [2.75, 3.05) is 0 Å². The Morgan fingerprint density at radius 3 is 1.59 bits per heavy atom. The van der Waals surface area contributed by atoms with Crippen LogP contribution in [0, 0.1) is 0 Å². The van der Waals surface area contributed by atoms with Crippen LogP contribution in [0.3, 0.4) is 0 Å². The van der Waals surface area contributed by atoms with Crippen LogP contribution in [-0.4, -0.2) is 46.3 Å². The SMILES string of the molecule is CC1(C)CC(OC(=O)c2ccc3ccc(-c4cccc5cc(C(=O)OC6CC(C)(C)NC(C)(C)C6)ccc45)cc3c2)CC(C)(C)N1. The van der Waals surface area contributed by atoms with Crippen LogP contribution in [0.4, 0.5) is 0 Å². The fourth-order valence-corrected chi connectivity index (χ4v) is 8.27. The Bertz CT molecular complexity index is 1790. The lowest BCUT2D eigenvalue weighted by atomic mass is 9.81. The topological polar surface area (TPSA) is 76.7 Å². The van der Waals surface area contributed by atoms with Crippen LogP contribution >= 0.6 is 0 Å². The second-order valence-electron chi connectivity index (χ2n) is 16.2. The second-order valence-corrected chi connectivity index (χ2v) is 16.2. The molecule has 0 aromatic heterocycles. The number of carbonyl (C=O) groups excluding carboxylic acids is 2. The lowest BCUT2D eigenvalue weighted by Crippen LogP contribution is -2.59. The molecule has 46 heavy (non-hydrogen) atoms. The van der Waals surface area contributed by atoms with E-state index >= 15 is 0 Å².